The number of aromatic nitrogens is 1. The van der Waals surface area contributed by atoms with E-state index in [-0.39, 0.29) is 5.41 Å². The highest BCUT2D eigenvalue weighted by Crippen LogP contribution is 2.49. The van der Waals surface area contributed by atoms with Gasteiger partial charge in [0.05, 0.1) is 5.54 Å². The van der Waals surface area contributed by atoms with E-state index >= 15 is 0 Å². The third kappa shape index (κ3) is 2.20. The van der Waals surface area contributed by atoms with Gasteiger partial charge in [-0.2, -0.15) is 0 Å². The van der Waals surface area contributed by atoms with E-state index in [1.165, 1.54) is 0 Å². The Morgan fingerprint density at radius 1 is 1.42 bits per heavy atom. The molecule has 1 aromatic heterocycles. The zero-order chi connectivity index (χ0) is 14.1. The number of piperidine rings is 1. The Labute approximate surface area is 114 Å². The van der Waals surface area contributed by atoms with Gasteiger partial charge < -0.3 is 5.11 Å². The van der Waals surface area contributed by atoms with Gasteiger partial charge in [0.25, 0.3) is 0 Å². The maximum Gasteiger partial charge on any atom is 0.408 e. The predicted molar refractivity (Wildman–Crippen MR) is 74.0 cm³/mol. The second kappa shape index (κ2) is 4.83. The number of hydrogen-bond donors (Lipinski definition) is 1. The normalized spacial score (nSPS) is 24.3. The highest BCUT2D eigenvalue weighted by atomic mass is 16.4. The summed E-state index contributed by atoms with van der Waals surface area (Å²) < 4.78 is 0. The van der Waals surface area contributed by atoms with E-state index in [1.54, 1.807) is 11.1 Å². The number of nitrogens with zero attached hydrogens (tertiary/aromatic N) is 2. The standard InChI is InChI=1S/C15H22N2O2/c1-14(2,3)15(12-7-6-9-16-11-12)8-4-5-10-17(15)13(18)19/h6-7,9,11H,4-5,8,10H2,1-3H3,(H,18,19)/t15-/m1/s1. The molecular weight excluding hydrogens is 240 g/mol. The molecule has 1 N–H and O–H groups in total. The molecule has 0 aliphatic carbocycles. The molecule has 2 rings (SSSR count). The van der Waals surface area contributed by atoms with Crippen molar-refractivity contribution >= 4 is 6.09 Å². The molecule has 0 unspecified atom stereocenters. The first-order chi connectivity index (χ1) is 8.89. The molecule has 1 fully saturated rings. The molecule has 0 bridgehead atoms. The van der Waals surface area contributed by atoms with Gasteiger partial charge in [0.2, 0.25) is 0 Å². The van der Waals surface area contributed by atoms with Crippen molar-refractivity contribution in [3.63, 3.8) is 0 Å². The predicted octanol–water partition coefficient (Wildman–Crippen LogP) is 3.49. The smallest absolute Gasteiger partial charge is 0.408 e. The summed E-state index contributed by atoms with van der Waals surface area (Å²) in [7, 11) is 0. The SMILES string of the molecule is CC(C)(C)[C@]1(c2cccnc2)CCCCN1C(=O)O. The number of rotatable bonds is 1. The van der Waals surface area contributed by atoms with E-state index in [4.69, 9.17) is 0 Å². The van der Waals surface area contributed by atoms with E-state index in [9.17, 15) is 9.90 Å². The molecule has 1 aromatic rings. The Balaban J connectivity index is 2.60. The van der Waals surface area contributed by atoms with Crippen molar-refractivity contribution < 1.29 is 9.90 Å². The maximum absolute atomic E-state index is 11.7. The molecular formula is C15H22N2O2. The first kappa shape index (κ1) is 13.8. The zero-order valence-electron chi connectivity index (χ0n) is 11.9. The van der Waals surface area contributed by atoms with E-state index in [0.29, 0.717) is 6.54 Å². The lowest BCUT2D eigenvalue weighted by molar-refractivity contribution is -0.0295. The molecule has 0 spiro atoms. The fraction of sp³-hybridized carbons (Fsp3) is 0.600. The van der Waals surface area contributed by atoms with E-state index in [2.05, 4.69) is 25.8 Å². The Kier molecular flexibility index (Phi) is 3.52. The number of amides is 1. The first-order valence-corrected chi connectivity index (χ1v) is 6.81. The van der Waals surface area contributed by atoms with Gasteiger partial charge in [0.1, 0.15) is 0 Å². The fourth-order valence-corrected chi connectivity index (χ4v) is 3.36. The van der Waals surface area contributed by atoms with Gasteiger partial charge in [-0.25, -0.2) is 4.79 Å². The van der Waals surface area contributed by atoms with Crippen LogP contribution in [0.3, 0.4) is 0 Å². The van der Waals surface area contributed by atoms with Gasteiger partial charge in [0, 0.05) is 18.9 Å². The average molecular weight is 262 g/mol. The lowest BCUT2D eigenvalue weighted by Gasteiger charge is -2.53. The van der Waals surface area contributed by atoms with Gasteiger partial charge >= 0.3 is 6.09 Å². The van der Waals surface area contributed by atoms with E-state index in [1.807, 2.05) is 18.3 Å². The van der Waals surface area contributed by atoms with Crippen LogP contribution >= 0.6 is 0 Å². The average Bonchev–Trinajstić information content (AvgIpc) is 2.38. The lowest BCUT2D eigenvalue weighted by Crippen LogP contribution is -2.58. The number of likely N-dealkylation sites (tertiary alicyclic amines) is 1. The Bertz CT molecular complexity index is 453. The van der Waals surface area contributed by atoms with Gasteiger partial charge in [-0.15, -0.1) is 0 Å². The summed E-state index contributed by atoms with van der Waals surface area (Å²) in [5.41, 5.74) is 0.352. The minimum atomic E-state index is -0.835. The fourth-order valence-electron chi connectivity index (χ4n) is 3.36. The van der Waals surface area contributed by atoms with Gasteiger partial charge in [-0.3, -0.25) is 9.88 Å². The third-order valence-corrected chi connectivity index (χ3v) is 4.24. The van der Waals surface area contributed by atoms with Crippen LogP contribution in [0.25, 0.3) is 0 Å². The summed E-state index contributed by atoms with van der Waals surface area (Å²) in [5, 5.41) is 9.60. The van der Waals surface area contributed by atoms with Crippen LogP contribution in [0.15, 0.2) is 24.5 Å². The summed E-state index contributed by atoms with van der Waals surface area (Å²) >= 11 is 0. The molecule has 104 valence electrons. The van der Waals surface area contributed by atoms with Gasteiger partial charge in [-0.1, -0.05) is 26.8 Å². The van der Waals surface area contributed by atoms with Crippen molar-refractivity contribution in [1.82, 2.24) is 9.88 Å². The summed E-state index contributed by atoms with van der Waals surface area (Å²) in [6, 6.07) is 3.89. The highest BCUT2D eigenvalue weighted by Gasteiger charge is 2.51. The molecule has 4 nitrogen and oxygen atoms in total. The van der Waals surface area contributed by atoms with Crippen molar-refractivity contribution in [1.29, 1.82) is 0 Å². The molecule has 2 heterocycles. The quantitative estimate of drug-likeness (QED) is 0.843. The summed E-state index contributed by atoms with van der Waals surface area (Å²) in [4.78, 5) is 17.5. The summed E-state index contributed by atoms with van der Waals surface area (Å²) in [6.45, 7) is 6.94. The van der Waals surface area contributed by atoms with Crippen LogP contribution in [-0.2, 0) is 5.54 Å². The molecule has 0 aromatic carbocycles. The second-order valence-electron chi connectivity index (χ2n) is 6.24. The van der Waals surface area contributed by atoms with Crippen LogP contribution in [0.4, 0.5) is 4.79 Å². The Hall–Kier alpha value is -1.58. The van der Waals surface area contributed by atoms with Gasteiger partial charge in [-0.05, 0) is 36.3 Å². The largest absolute Gasteiger partial charge is 0.465 e. The molecule has 1 atom stereocenters. The number of carboxylic acid groups (broad SMARTS) is 1. The van der Waals surface area contributed by atoms with Crippen LogP contribution in [0.2, 0.25) is 0 Å². The highest BCUT2D eigenvalue weighted by molar-refractivity contribution is 5.67. The Morgan fingerprint density at radius 2 is 2.16 bits per heavy atom. The van der Waals surface area contributed by atoms with Crippen LogP contribution in [0.1, 0.15) is 45.6 Å². The van der Waals surface area contributed by atoms with Crippen molar-refractivity contribution in [3.8, 4) is 0 Å². The number of carbonyl (C=O) groups is 1. The molecule has 1 saturated heterocycles. The van der Waals surface area contributed by atoms with Crippen LogP contribution in [0, 0.1) is 5.41 Å². The van der Waals surface area contributed by atoms with E-state index < -0.39 is 11.6 Å². The molecule has 4 heteroatoms. The Morgan fingerprint density at radius 3 is 2.68 bits per heavy atom. The number of hydrogen-bond acceptors (Lipinski definition) is 2. The third-order valence-electron chi connectivity index (χ3n) is 4.24. The first-order valence-electron chi connectivity index (χ1n) is 6.81. The van der Waals surface area contributed by atoms with Crippen molar-refractivity contribution in [3.05, 3.63) is 30.1 Å². The molecule has 1 aliphatic heterocycles. The van der Waals surface area contributed by atoms with Crippen molar-refractivity contribution in [2.45, 2.75) is 45.6 Å². The van der Waals surface area contributed by atoms with Crippen LogP contribution in [0.5, 0.6) is 0 Å². The molecule has 19 heavy (non-hydrogen) atoms. The van der Waals surface area contributed by atoms with Crippen LogP contribution < -0.4 is 0 Å². The molecule has 0 saturated carbocycles. The summed E-state index contributed by atoms with van der Waals surface area (Å²) in [6.07, 6.45) is 5.55. The molecule has 1 amide bonds. The summed E-state index contributed by atoms with van der Waals surface area (Å²) in [5.74, 6) is 0. The lowest BCUT2D eigenvalue weighted by atomic mass is 9.64. The van der Waals surface area contributed by atoms with Crippen molar-refractivity contribution in [2.75, 3.05) is 6.54 Å². The second-order valence-corrected chi connectivity index (χ2v) is 6.24. The van der Waals surface area contributed by atoms with Crippen molar-refractivity contribution in [2.24, 2.45) is 5.41 Å². The molecule has 1 aliphatic rings. The minimum Gasteiger partial charge on any atom is -0.465 e. The van der Waals surface area contributed by atoms with Crippen LogP contribution in [-0.4, -0.2) is 27.6 Å². The maximum atomic E-state index is 11.7. The van der Waals surface area contributed by atoms with E-state index in [0.717, 1.165) is 24.8 Å². The monoisotopic (exact) mass is 262 g/mol. The topological polar surface area (TPSA) is 53.4 Å². The minimum absolute atomic E-state index is 0.172. The number of pyridine rings is 1. The zero-order valence-corrected chi connectivity index (χ0v) is 11.9. The van der Waals surface area contributed by atoms with Gasteiger partial charge in [0.15, 0.2) is 0 Å². The molecule has 0 radical (unpaired) electrons.